The van der Waals surface area contributed by atoms with Crippen LogP contribution >= 0.6 is 0 Å². The SMILES string of the molecule is CCCCCCCCCCC/C=C/C(=O)Nc1ccc(O)cc1. The van der Waals surface area contributed by atoms with E-state index in [9.17, 15) is 9.90 Å². The third-order valence-electron chi connectivity index (χ3n) is 3.88. The molecule has 2 N–H and O–H groups in total. The van der Waals surface area contributed by atoms with Gasteiger partial charge in [0.05, 0.1) is 0 Å². The Morgan fingerprint density at radius 3 is 2.13 bits per heavy atom. The number of nitrogens with one attached hydrogen (secondary N) is 1. The number of phenolic OH excluding ortho intramolecular Hbond substituents is 1. The maximum atomic E-state index is 11.7. The summed E-state index contributed by atoms with van der Waals surface area (Å²) in [4.78, 5) is 11.7. The van der Waals surface area contributed by atoms with E-state index in [-0.39, 0.29) is 11.7 Å². The van der Waals surface area contributed by atoms with Gasteiger partial charge in [-0.05, 0) is 43.2 Å². The van der Waals surface area contributed by atoms with Crippen LogP contribution in [0.4, 0.5) is 5.69 Å². The van der Waals surface area contributed by atoms with Crippen molar-refractivity contribution in [1.29, 1.82) is 0 Å². The highest BCUT2D eigenvalue weighted by atomic mass is 16.3. The van der Waals surface area contributed by atoms with E-state index in [2.05, 4.69) is 12.2 Å². The number of carbonyl (C=O) groups excluding carboxylic acids is 1. The molecule has 0 aliphatic rings. The number of anilines is 1. The second-order valence-electron chi connectivity index (χ2n) is 6.06. The number of amides is 1. The van der Waals surface area contributed by atoms with Crippen molar-refractivity contribution in [2.45, 2.75) is 71.1 Å². The van der Waals surface area contributed by atoms with E-state index in [0.717, 1.165) is 12.8 Å². The van der Waals surface area contributed by atoms with Crippen LogP contribution in [0.15, 0.2) is 36.4 Å². The van der Waals surface area contributed by atoms with Crippen molar-refractivity contribution >= 4 is 11.6 Å². The molecule has 0 heterocycles. The molecule has 0 atom stereocenters. The molecule has 0 saturated heterocycles. The van der Waals surface area contributed by atoms with Crippen LogP contribution in [0.2, 0.25) is 0 Å². The van der Waals surface area contributed by atoms with Gasteiger partial charge >= 0.3 is 0 Å². The monoisotopic (exact) mass is 317 g/mol. The summed E-state index contributed by atoms with van der Waals surface area (Å²) in [7, 11) is 0. The van der Waals surface area contributed by atoms with Crippen molar-refractivity contribution in [2.75, 3.05) is 5.32 Å². The molecule has 1 amide bonds. The fourth-order valence-electron chi connectivity index (χ4n) is 2.49. The van der Waals surface area contributed by atoms with Gasteiger partial charge in [-0.2, -0.15) is 0 Å². The summed E-state index contributed by atoms with van der Waals surface area (Å²) in [5.41, 5.74) is 0.695. The number of benzene rings is 1. The highest BCUT2D eigenvalue weighted by Gasteiger charge is 1.97. The van der Waals surface area contributed by atoms with Crippen LogP contribution in [0.3, 0.4) is 0 Å². The zero-order valence-electron chi connectivity index (χ0n) is 14.4. The first-order valence-corrected chi connectivity index (χ1v) is 8.99. The Morgan fingerprint density at radius 2 is 1.52 bits per heavy atom. The van der Waals surface area contributed by atoms with Crippen molar-refractivity contribution in [3.05, 3.63) is 36.4 Å². The second-order valence-corrected chi connectivity index (χ2v) is 6.06. The van der Waals surface area contributed by atoms with Crippen LogP contribution < -0.4 is 5.32 Å². The van der Waals surface area contributed by atoms with Crippen LogP contribution in [0.25, 0.3) is 0 Å². The maximum Gasteiger partial charge on any atom is 0.248 e. The number of hydrogen-bond acceptors (Lipinski definition) is 2. The topological polar surface area (TPSA) is 49.3 Å². The van der Waals surface area contributed by atoms with E-state index in [0.29, 0.717) is 5.69 Å². The quantitative estimate of drug-likeness (QED) is 0.290. The van der Waals surface area contributed by atoms with E-state index in [1.807, 2.05) is 6.08 Å². The van der Waals surface area contributed by atoms with Gasteiger partial charge in [-0.3, -0.25) is 4.79 Å². The minimum absolute atomic E-state index is 0.119. The standard InChI is InChI=1S/C20H31NO2/c1-2-3-4-5-6-7-8-9-10-11-12-13-20(23)21-18-14-16-19(22)17-15-18/h12-17,22H,2-11H2,1H3,(H,21,23)/b13-12+. The minimum Gasteiger partial charge on any atom is -0.508 e. The Balaban J connectivity index is 1.99. The predicted octanol–water partition coefficient (Wildman–Crippen LogP) is 5.81. The highest BCUT2D eigenvalue weighted by Crippen LogP contribution is 2.14. The van der Waals surface area contributed by atoms with Crippen LogP contribution in [0, 0.1) is 0 Å². The van der Waals surface area contributed by atoms with Gasteiger partial charge in [-0.1, -0.05) is 64.4 Å². The summed E-state index contributed by atoms with van der Waals surface area (Å²) in [5.74, 6) is 0.0792. The number of aromatic hydroxyl groups is 1. The first kappa shape index (κ1) is 19.3. The van der Waals surface area contributed by atoms with Crippen LogP contribution in [-0.2, 0) is 4.79 Å². The second kappa shape index (κ2) is 12.7. The number of carbonyl (C=O) groups is 1. The van der Waals surface area contributed by atoms with Crippen LogP contribution in [0.1, 0.15) is 71.1 Å². The summed E-state index contributed by atoms with van der Waals surface area (Å²) >= 11 is 0. The third-order valence-corrected chi connectivity index (χ3v) is 3.88. The van der Waals surface area contributed by atoms with E-state index < -0.39 is 0 Å². The summed E-state index contributed by atoms with van der Waals surface area (Å²) < 4.78 is 0. The molecule has 1 aromatic rings. The average Bonchev–Trinajstić information content (AvgIpc) is 2.55. The molecule has 0 aliphatic carbocycles. The Kier molecular flexibility index (Phi) is 10.7. The Labute approximate surface area is 140 Å². The fraction of sp³-hybridized carbons (Fsp3) is 0.550. The summed E-state index contributed by atoms with van der Waals surface area (Å²) in [5, 5.41) is 11.9. The zero-order valence-corrected chi connectivity index (χ0v) is 14.4. The van der Waals surface area contributed by atoms with E-state index in [1.54, 1.807) is 30.3 Å². The van der Waals surface area contributed by atoms with E-state index in [4.69, 9.17) is 0 Å². The molecule has 128 valence electrons. The Hall–Kier alpha value is -1.77. The lowest BCUT2D eigenvalue weighted by Gasteiger charge is -2.02. The van der Waals surface area contributed by atoms with Gasteiger partial charge in [0, 0.05) is 5.69 Å². The molecule has 3 nitrogen and oxygen atoms in total. The normalized spacial score (nSPS) is 11.0. The summed E-state index contributed by atoms with van der Waals surface area (Å²) in [6, 6.07) is 6.48. The highest BCUT2D eigenvalue weighted by molar-refractivity contribution is 5.99. The van der Waals surface area contributed by atoms with Crippen LogP contribution in [0.5, 0.6) is 5.75 Å². The molecule has 0 unspecified atom stereocenters. The number of unbranched alkanes of at least 4 members (excludes halogenated alkanes) is 9. The van der Waals surface area contributed by atoms with Crippen molar-refractivity contribution in [3.63, 3.8) is 0 Å². The van der Waals surface area contributed by atoms with Gasteiger partial charge in [-0.25, -0.2) is 0 Å². The van der Waals surface area contributed by atoms with Gasteiger partial charge in [0.25, 0.3) is 0 Å². The maximum absolute atomic E-state index is 11.7. The molecule has 0 aliphatic heterocycles. The molecule has 23 heavy (non-hydrogen) atoms. The molecule has 0 spiro atoms. The molecule has 1 rings (SSSR count). The zero-order chi connectivity index (χ0) is 16.8. The Morgan fingerprint density at radius 1 is 0.957 bits per heavy atom. The third kappa shape index (κ3) is 10.6. The number of hydrogen-bond donors (Lipinski definition) is 2. The molecule has 0 radical (unpaired) electrons. The lowest BCUT2D eigenvalue weighted by molar-refractivity contribution is -0.111. The molecular weight excluding hydrogens is 286 g/mol. The first-order chi connectivity index (χ1) is 11.2. The molecule has 0 fully saturated rings. The lowest BCUT2D eigenvalue weighted by atomic mass is 10.1. The van der Waals surface area contributed by atoms with Crippen molar-refractivity contribution in [2.24, 2.45) is 0 Å². The molecule has 3 heteroatoms. The molecule has 0 aromatic heterocycles. The minimum atomic E-state index is -0.119. The number of rotatable bonds is 12. The van der Waals surface area contributed by atoms with E-state index in [1.165, 1.54) is 51.4 Å². The van der Waals surface area contributed by atoms with Gasteiger partial charge in [0.15, 0.2) is 0 Å². The van der Waals surface area contributed by atoms with Gasteiger partial charge in [0.2, 0.25) is 5.91 Å². The molecule has 0 saturated carbocycles. The lowest BCUT2D eigenvalue weighted by Crippen LogP contribution is -2.07. The Bertz CT molecular complexity index is 451. The molecule has 1 aromatic carbocycles. The van der Waals surface area contributed by atoms with Gasteiger partial charge in [-0.15, -0.1) is 0 Å². The van der Waals surface area contributed by atoms with Crippen molar-refractivity contribution < 1.29 is 9.90 Å². The fourth-order valence-corrected chi connectivity index (χ4v) is 2.49. The van der Waals surface area contributed by atoms with E-state index >= 15 is 0 Å². The van der Waals surface area contributed by atoms with Crippen molar-refractivity contribution in [1.82, 2.24) is 0 Å². The number of allylic oxidation sites excluding steroid dienone is 1. The predicted molar refractivity (Wildman–Crippen MR) is 97.7 cm³/mol. The molecule has 0 bridgehead atoms. The van der Waals surface area contributed by atoms with Gasteiger partial charge in [0.1, 0.15) is 5.75 Å². The summed E-state index contributed by atoms with van der Waals surface area (Å²) in [6.45, 7) is 2.25. The van der Waals surface area contributed by atoms with Crippen molar-refractivity contribution in [3.8, 4) is 5.75 Å². The van der Waals surface area contributed by atoms with Gasteiger partial charge < -0.3 is 10.4 Å². The number of phenols is 1. The average molecular weight is 317 g/mol. The molecular formula is C20H31NO2. The summed E-state index contributed by atoms with van der Waals surface area (Å²) in [6.07, 6.45) is 16.4. The smallest absolute Gasteiger partial charge is 0.248 e. The first-order valence-electron chi connectivity index (χ1n) is 8.99. The van der Waals surface area contributed by atoms with Crippen LogP contribution in [-0.4, -0.2) is 11.0 Å². The largest absolute Gasteiger partial charge is 0.508 e.